The average molecular weight is 355 g/mol. The van der Waals surface area contributed by atoms with Gasteiger partial charge < -0.3 is 20.1 Å². The van der Waals surface area contributed by atoms with Gasteiger partial charge in [0, 0.05) is 31.5 Å². The number of hydrogen-bond donors (Lipinski definition) is 2. The van der Waals surface area contributed by atoms with Gasteiger partial charge in [-0.25, -0.2) is 0 Å². The number of benzene rings is 1. The van der Waals surface area contributed by atoms with Crippen LogP contribution in [0.5, 0.6) is 0 Å². The van der Waals surface area contributed by atoms with Crippen LogP contribution in [0.25, 0.3) is 0 Å². The Morgan fingerprint density at radius 2 is 2.15 bits per heavy atom. The Hall–Kier alpha value is -2.77. The number of ether oxygens (including phenoxy) is 1. The summed E-state index contributed by atoms with van der Waals surface area (Å²) in [6.45, 7) is 2.05. The van der Waals surface area contributed by atoms with Gasteiger partial charge in [-0.1, -0.05) is 18.2 Å². The molecule has 3 rings (SSSR count). The van der Waals surface area contributed by atoms with Crippen LogP contribution in [0.4, 0.5) is 5.69 Å². The molecule has 2 aromatic rings. The number of morpholine rings is 1. The summed E-state index contributed by atoms with van der Waals surface area (Å²) < 4.78 is 5.36. The summed E-state index contributed by atoms with van der Waals surface area (Å²) in [6.07, 6.45) is 2.48. The van der Waals surface area contributed by atoms with Gasteiger partial charge in [0.25, 0.3) is 0 Å². The fourth-order valence-corrected chi connectivity index (χ4v) is 2.97. The molecule has 7 heteroatoms. The van der Waals surface area contributed by atoms with E-state index in [0.29, 0.717) is 17.8 Å². The van der Waals surface area contributed by atoms with E-state index in [1.807, 2.05) is 12.1 Å². The average Bonchev–Trinajstić information content (AvgIpc) is 2.64. The molecular formula is C19H21N3O4. The molecule has 2 N–H and O–H groups in total. The normalized spacial score (nSPS) is 18.5. The highest BCUT2D eigenvalue weighted by Crippen LogP contribution is 2.26. The summed E-state index contributed by atoms with van der Waals surface area (Å²) in [5, 5.41) is 13.5. The molecule has 0 radical (unpaired) electrons. The highest BCUT2D eigenvalue weighted by molar-refractivity contribution is 5.88. The van der Waals surface area contributed by atoms with Gasteiger partial charge in [-0.3, -0.25) is 14.6 Å². The summed E-state index contributed by atoms with van der Waals surface area (Å²) in [4.78, 5) is 29.2. The molecule has 136 valence electrons. The number of aliphatic hydroxyl groups is 1. The number of nitrogens with zero attached hydrogens (tertiary/aromatic N) is 2. The molecule has 0 aliphatic carbocycles. The number of nitrogens with one attached hydrogen (secondary N) is 1. The highest BCUT2D eigenvalue weighted by atomic mass is 16.5. The number of aromatic nitrogens is 1. The predicted molar refractivity (Wildman–Crippen MR) is 95.1 cm³/mol. The zero-order valence-electron chi connectivity index (χ0n) is 14.5. The molecule has 2 atom stereocenters. The van der Waals surface area contributed by atoms with Crippen LogP contribution in [0.1, 0.15) is 24.2 Å². The Bertz CT molecular complexity index is 764. The lowest BCUT2D eigenvalue weighted by atomic mass is 9.99. The molecular weight excluding hydrogens is 334 g/mol. The minimum Gasteiger partial charge on any atom is -0.386 e. The molecule has 7 nitrogen and oxygen atoms in total. The number of pyridine rings is 1. The number of amides is 2. The Kier molecular flexibility index (Phi) is 5.60. The van der Waals surface area contributed by atoms with E-state index >= 15 is 0 Å². The van der Waals surface area contributed by atoms with Gasteiger partial charge in [-0.2, -0.15) is 0 Å². The third kappa shape index (κ3) is 4.25. The van der Waals surface area contributed by atoms with Gasteiger partial charge in [0.15, 0.2) is 0 Å². The Morgan fingerprint density at radius 1 is 1.38 bits per heavy atom. The van der Waals surface area contributed by atoms with Crippen molar-refractivity contribution in [2.45, 2.75) is 25.6 Å². The fraction of sp³-hybridized carbons (Fsp3) is 0.316. The molecule has 1 aliphatic heterocycles. The maximum atomic E-state index is 12.3. The Balaban J connectivity index is 1.77. The number of hydrogen-bond acceptors (Lipinski definition) is 5. The standard InChI is InChI=1S/C19H21N3O4/c1-13(23)21-16-6-4-15(5-7-16)19(25)17-11-26-12-18(24)22(17)10-14-3-2-8-20-9-14/h2-9,17,19,25H,10-12H2,1H3,(H,21,23)/t17-,19-/m1/s1. The van der Waals surface area contributed by atoms with Crippen LogP contribution in [0.2, 0.25) is 0 Å². The monoisotopic (exact) mass is 355 g/mol. The molecule has 0 spiro atoms. The topological polar surface area (TPSA) is 91.8 Å². The van der Waals surface area contributed by atoms with Gasteiger partial charge >= 0.3 is 0 Å². The van der Waals surface area contributed by atoms with Crippen LogP contribution >= 0.6 is 0 Å². The smallest absolute Gasteiger partial charge is 0.249 e. The second kappa shape index (κ2) is 8.07. The molecule has 0 bridgehead atoms. The van der Waals surface area contributed by atoms with Crippen molar-refractivity contribution in [3.8, 4) is 0 Å². The molecule has 1 aromatic heterocycles. The second-order valence-corrected chi connectivity index (χ2v) is 6.21. The number of anilines is 1. The molecule has 26 heavy (non-hydrogen) atoms. The maximum absolute atomic E-state index is 12.3. The quantitative estimate of drug-likeness (QED) is 0.848. The van der Waals surface area contributed by atoms with E-state index in [0.717, 1.165) is 5.56 Å². The van der Waals surface area contributed by atoms with Crippen LogP contribution < -0.4 is 5.32 Å². The molecule has 2 heterocycles. The van der Waals surface area contributed by atoms with Crippen LogP contribution in [-0.4, -0.2) is 46.1 Å². The lowest BCUT2D eigenvalue weighted by Crippen LogP contribution is -2.51. The van der Waals surface area contributed by atoms with Crippen LogP contribution in [-0.2, 0) is 20.9 Å². The van der Waals surface area contributed by atoms with E-state index in [1.165, 1.54) is 6.92 Å². The number of rotatable bonds is 5. The van der Waals surface area contributed by atoms with E-state index in [1.54, 1.807) is 41.6 Å². The molecule has 1 aromatic carbocycles. The van der Waals surface area contributed by atoms with Crippen molar-refractivity contribution < 1.29 is 19.4 Å². The molecule has 2 amide bonds. The van der Waals surface area contributed by atoms with Gasteiger partial charge in [0.05, 0.1) is 12.6 Å². The number of aliphatic hydroxyl groups excluding tert-OH is 1. The summed E-state index contributed by atoms with van der Waals surface area (Å²) in [6, 6.07) is 10.1. The highest BCUT2D eigenvalue weighted by Gasteiger charge is 2.34. The van der Waals surface area contributed by atoms with Gasteiger partial charge in [-0.05, 0) is 29.3 Å². The van der Waals surface area contributed by atoms with Crippen LogP contribution in [0.15, 0.2) is 48.8 Å². The third-order valence-corrected chi connectivity index (χ3v) is 4.25. The van der Waals surface area contributed by atoms with Gasteiger partial charge in [0.1, 0.15) is 12.7 Å². The van der Waals surface area contributed by atoms with Crippen LogP contribution in [0, 0.1) is 0 Å². The summed E-state index contributed by atoms with van der Waals surface area (Å²) in [5.41, 5.74) is 2.19. The van der Waals surface area contributed by atoms with Crippen molar-refractivity contribution >= 4 is 17.5 Å². The largest absolute Gasteiger partial charge is 0.386 e. The van der Waals surface area contributed by atoms with Crippen molar-refractivity contribution in [3.05, 3.63) is 59.9 Å². The van der Waals surface area contributed by atoms with Crippen molar-refractivity contribution in [3.63, 3.8) is 0 Å². The maximum Gasteiger partial charge on any atom is 0.249 e. The van der Waals surface area contributed by atoms with Crippen molar-refractivity contribution in [2.24, 2.45) is 0 Å². The minimum atomic E-state index is -0.901. The van der Waals surface area contributed by atoms with E-state index in [9.17, 15) is 14.7 Å². The number of carbonyl (C=O) groups is 2. The summed E-state index contributed by atoms with van der Waals surface area (Å²) in [5.74, 6) is -0.328. The number of carbonyl (C=O) groups excluding carboxylic acids is 2. The molecule has 0 unspecified atom stereocenters. The first kappa shape index (κ1) is 18.0. The zero-order valence-corrected chi connectivity index (χ0v) is 14.5. The first-order chi connectivity index (χ1) is 12.5. The molecule has 1 fully saturated rings. The Morgan fingerprint density at radius 3 is 2.81 bits per heavy atom. The second-order valence-electron chi connectivity index (χ2n) is 6.21. The predicted octanol–water partition coefficient (Wildman–Crippen LogP) is 1.50. The molecule has 1 saturated heterocycles. The van der Waals surface area contributed by atoms with Gasteiger partial charge in [0.2, 0.25) is 11.8 Å². The van der Waals surface area contributed by atoms with E-state index in [4.69, 9.17) is 4.74 Å². The van der Waals surface area contributed by atoms with Crippen molar-refractivity contribution in [1.82, 2.24) is 9.88 Å². The molecule has 0 saturated carbocycles. The van der Waals surface area contributed by atoms with Crippen molar-refractivity contribution in [2.75, 3.05) is 18.5 Å². The first-order valence-corrected chi connectivity index (χ1v) is 8.36. The lowest BCUT2D eigenvalue weighted by Gasteiger charge is -2.38. The SMILES string of the molecule is CC(=O)Nc1ccc([C@@H](O)[C@H]2COCC(=O)N2Cc2cccnc2)cc1. The van der Waals surface area contributed by atoms with Gasteiger partial charge in [-0.15, -0.1) is 0 Å². The third-order valence-electron chi connectivity index (χ3n) is 4.25. The summed E-state index contributed by atoms with van der Waals surface area (Å²) in [7, 11) is 0. The first-order valence-electron chi connectivity index (χ1n) is 8.36. The van der Waals surface area contributed by atoms with Crippen LogP contribution in [0.3, 0.4) is 0 Å². The van der Waals surface area contributed by atoms with Crippen molar-refractivity contribution in [1.29, 1.82) is 0 Å². The minimum absolute atomic E-state index is 0.00491. The fourth-order valence-electron chi connectivity index (χ4n) is 2.97. The lowest BCUT2D eigenvalue weighted by molar-refractivity contribution is -0.155. The zero-order chi connectivity index (χ0) is 18.5. The Labute approximate surface area is 151 Å². The van der Waals surface area contributed by atoms with E-state index in [2.05, 4.69) is 10.3 Å². The van der Waals surface area contributed by atoms with E-state index in [-0.39, 0.29) is 25.0 Å². The van der Waals surface area contributed by atoms with E-state index < -0.39 is 12.1 Å². The molecule has 1 aliphatic rings. The summed E-state index contributed by atoms with van der Waals surface area (Å²) >= 11 is 0.